The summed E-state index contributed by atoms with van der Waals surface area (Å²) in [7, 11) is 0. The maximum Gasteiger partial charge on any atom is 0.252 e. The molecular weight excluding hydrogens is 372 g/mol. The van der Waals surface area contributed by atoms with Crippen molar-refractivity contribution in [2.75, 3.05) is 18.4 Å². The molecule has 1 aliphatic carbocycles. The molecule has 1 saturated carbocycles. The van der Waals surface area contributed by atoms with Crippen LogP contribution < -0.4 is 16.0 Å². The van der Waals surface area contributed by atoms with E-state index in [2.05, 4.69) is 52.3 Å². The van der Waals surface area contributed by atoms with Gasteiger partial charge in [-0.15, -0.1) is 0 Å². The minimum absolute atomic E-state index is 0.0516. The summed E-state index contributed by atoms with van der Waals surface area (Å²) in [5, 5.41) is 20.2. The first kappa shape index (κ1) is 18.8. The Hall–Kier alpha value is -3.18. The predicted molar refractivity (Wildman–Crippen MR) is 122 cm³/mol. The van der Waals surface area contributed by atoms with E-state index in [1.165, 1.54) is 22.6 Å². The van der Waals surface area contributed by atoms with Crippen molar-refractivity contribution in [3.63, 3.8) is 0 Å². The van der Waals surface area contributed by atoms with Gasteiger partial charge in [-0.3, -0.25) is 4.79 Å². The molecule has 2 aliphatic rings. The smallest absolute Gasteiger partial charge is 0.252 e. The van der Waals surface area contributed by atoms with Crippen LogP contribution in [0.15, 0.2) is 54.6 Å². The van der Waals surface area contributed by atoms with E-state index < -0.39 is 0 Å². The number of benzene rings is 3. The number of nitrogens with one attached hydrogen (secondary N) is 4. The second-order valence-corrected chi connectivity index (χ2v) is 8.46. The van der Waals surface area contributed by atoms with Gasteiger partial charge in [0.25, 0.3) is 5.91 Å². The molecule has 0 bridgehead atoms. The lowest BCUT2D eigenvalue weighted by Gasteiger charge is -2.30. The van der Waals surface area contributed by atoms with Crippen LogP contribution in [-0.4, -0.2) is 31.3 Å². The summed E-state index contributed by atoms with van der Waals surface area (Å²) in [6.07, 6.45) is 3.24. The molecule has 0 aromatic heterocycles. The fourth-order valence-electron chi connectivity index (χ4n) is 4.34. The Morgan fingerprint density at radius 3 is 2.60 bits per heavy atom. The zero-order valence-corrected chi connectivity index (χ0v) is 17.1. The van der Waals surface area contributed by atoms with Crippen LogP contribution in [0.2, 0.25) is 0 Å². The second kappa shape index (κ2) is 7.26. The van der Waals surface area contributed by atoms with Crippen LogP contribution in [0.1, 0.15) is 39.9 Å². The number of hydrogen-bond acceptors (Lipinski definition) is 4. The molecular formula is C25H26N4O. The topological polar surface area (TPSA) is 77.0 Å². The molecule has 0 atom stereocenters. The second-order valence-electron chi connectivity index (χ2n) is 8.46. The highest BCUT2D eigenvalue weighted by Crippen LogP contribution is 2.48. The number of hydrogen-bond donors (Lipinski definition) is 4. The highest BCUT2D eigenvalue weighted by molar-refractivity contribution is 6.00. The van der Waals surface area contributed by atoms with Gasteiger partial charge in [0.2, 0.25) is 0 Å². The van der Waals surface area contributed by atoms with E-state index in [0.29, 0.717) is 11.6 Å². The standard InChI is InChI=1S/C25H26N4O/c1-16-11-18(13-26)23(28-19-14-27-15-19)12-21(16)24(30)29-25(9-10-25)22-8-4-6-17-5-2-3-7-20(17)22/h2-8,11-13,19,26-28H,9-10,14-15H2,1H3,(H,29,30). The minimum Gasteiger partial charge on any atom is -0.379 e. The number of fused-ring (bicyclic) bond motifs is 1. The Kier molecular flexibility index (Phi) is 4.55. The molecule has 0 spiro atoms. The van der Waals surface area contributed by atoms with Crippen molar-refractivity contribution < 1.29 is 4.79 Å². The number of aryl methyl sites for hydroxylation is 1. The molecule has 1 aliphatic heterocycles. The quantitative estimate of drug-likeness (QED) is 0.475. The lowest BCUT2D eigenvalue weighted by atomic mass is 9.96. The first-order valence-electron chi connectivity index (χ1n) is 10.5. The first-order valence-corrected chi connectivity index (χ1v) is 10.5. The van der Waals surface area contributed by atoms with Crippen molar-refractivity contribution in [3.8, 4) is 0 Å². The van der Waals surface area contributed by atoms with E-state index in [9.17, 15) is 4.79 Å². The van der Waals surface area contributed by atoms with Crippen LogP contribution in [-0.2, 0) is 5.54 Å². The molecule has 0 radical (unpaired) electrons. The van der Waals surface area contributed by atoms with E-state index in [0.717, 1.165) is 42.7 Å². The summed E-state index contributed by atoms with van der Waals surface area (Å²) >= 11 is 0. The highest BCUT2D eigenvalue weighted by atomic mass is 16.1. The monoisotopic (exact) mass is 398 g/mol. The third kappa shape index (κ3) is 3.25. The zero-order valence-electron chi connectivity index (χ0n) is 17.1. The van der Waals surface area contributed by atoms with Crippen molar-refractivity contribution in [2.24, 2.45) is 0 Å². The van der Waals surface area contributed by atoms with Crippen molar-refractivity contribution in [3.05, 3.63) is 76.9 Å². The van der Waals surface area contributed by atoms with Gasteiger partial charge in [-0.25, -0.2) is 0 Å². The Labute approximate surface area is 176 Å². The zero-order chi connectivity index (χ0) is 20.7. The SMILES string of the molecule is Cc1cc(C=N)c(NC2CNC2)cc1C(=O)NC1(c2cccc3ccccc23)CC1. The molecule has 3 aromatic carbocycles. The Morgan fingerprint density at radius 2 is 1.90 bits per heavy atom. The van der Waals surface area contributed by atoms with Crippen LogP contribution in [0.25, 0.3) is 10.8 Å². The van der Waals surface area contributed by atoms with Crippen molar-refractivity contribution >= 4 is 28.6 Å². The molecule has 0 unspecified atom stereocenters. The van der Waals surface area contributed by atoms with Gasteiger partial charge < -0.3 is 21.4 Å². The molecule has 30 heavy (non-hydrogen) atoms. The van der Waals surface area contributed by atoms with Crippen LogP contribution in [0, 0.1) is 12.3 Å². The molecule has 4 N–H and O–H groups in total. The third-order valence-corrected chi connectivity index (χ3v) is 6.35. The minimum atomic E-state index is -0.296. The van der Waals surface area contributed by atoms with Crippen LogP contribution in [0.4, 0.5) is 5.69 Å². The third-order valence-electron chi connectivity index (χ3n) is 6.35. The largest absolute Gasteiger partial charge is 0.379 e. The van der Waals surface area contributed by atoms with Gasteiger partial charge in [0.05, 0.1) is 11.6 Å². The van der Waals surface area contributed by atoms with E-state index in [4.69, 9.17) is 5.41 Å². The van der Waals surface area contributed by atoms with Crippen molar-refractivity contribution in [2.45, 2.75) is 31.3 Å². The summed E-state index contributed by atoms with van der Waals surface area (Å²) in [5.74, 6) is -0.0516. The lowest BCUT2D eigenvalue weighted by Crippen LogP contribution is -2.51. The van der Waals surface area contributed by atoms with Gasteiger partial charge in [0, 0.05) is 36.1 Å². The maximum atomic E-state index is 13.3. The predicted octanol–water partition coefficient (Wildman–Crippen LogP) is 3.95. The number of carbonyl (C=O) groups excluding carboxylic acids is 1. The average Bonchev–Trinajstić information content (AvgIpc) is 3.51. The van der Waals surface area contributed by atoms with Crippen molar-refractivity contribution in [1.82, 2.24) is 10.6 Å². The van der Waals surface area contributed by atoms with E-state index >= 15 is 0 Å². The normalized spacial score (nSPS) is 17.2. The van der Waals surface area contributed by atoms with Gasteiger partial charge in [0.15, 0.2) is 0 Å². The molecule has 3 aromatic rings. The lowest BCUT2D eigenvalue weighted by molar-refractivity contribution is 0.0930. The molecule has 1 heterocycles. The van der Waals surface area contributed by atoms with Crippen LogP contribution in [0.3, 0.4) is 0 Å². The molecule has 152 valence electrons. The number of anilines is 1. The van der Waals surface area contributed by atoms with E-state index in [-0.39, 0.29) is 11.4 Å². The molecule has 5 heteroatoms. The molecule has 1 amide bonds. The highest BCUT2D eigenvalue weighted by Gasteiger charge is 2.46. The number of carbonyl (C=O) groups is 1. The fraction of sp³-hybridized carbons (Fsp3) is 0.280. The van der Waals surface area contributed by atoms with E-state index in [1.807, 2.05) is 25.1 Å². The Bertz CT molecular complexity index is 1140. The van der Waals surface area contributed by atoms with Gasteiger partial charge in [0.1, 0.15) is 0 Å². The van der Waals surface area contributed by atoms with Gasteiger partial charge in [-0.05, 0) is 53.8 Å². The summed E-state index contributed by atoms with van der Waals surface area (Å²) in [5.41, 5.74) is 4.12. The molecule has 5 rings (SSSR count). The van der Waals surface area contributed by atoms with Crippen LogP contribution in [0.5, 0.6) is 0 Å². The fourth-order valence-corrected chi connectivity index (χ4v) is 4.34. The van der Waals surface area contributed by atoms with E-state index in [1.54, 1.807) is 0 Å². The Balaban J connectivity index is 1.46. The van der Waals surface area contributed by atoms with Crippen LogP contribution >= 0.6 is 0 Å². The maximum absolute atomic E-state index is 13.3. The van der Waals surface area contributed by atoms with Gasteiger partial charge in [-0.2, -0.15) is 0 Å². The molecule has 2 fully saturated rings. The molecule has 1 saturated heterocycles. The van der Waals surface area contributed by atoms with Crippen molar-refractivity contribution in [1.29, 1.82) is 5.41 Å². The number of rotatable bonds is 6. The summed E-state index contributed by atoms with van der Waals surface area (Å²) in [6, 6.07) is 18.8. The summed E-state index contributed by atoms with van der Waals surface area (Å²) in [6.45, 7) is 3.74. The number of amides is 1. The first-order chi connectivity index (χ1) is 14.6. The summed E-state index contributed by atoms with van der Waals surface area (Å²) < 4.78 is 0. The Morgan fingerprint density at radius 1 is 1.13 bits per heavy atom. The summed E-state index contributed by atoms with van der Waals surface area (Å²) in [4.78, 5) is 13.3. The molecule has 5 nitrogen and oxygen atoms in total. The average molecular weight is 399 g/mol. The van der Waals surface area contributed by atoms with Gasteiger partial charge in [-0.1, -0.05) is 42.5 Å². The van der Waals surface area contributed by atoms with Gasteiger partial charge >= 0.3 is 0 Å².